The molecule has 2 N–H and O–H groups in total. The van der Waals surface area contributed by atoms with Crippen LogP contribution in [0.5, 0.6) is 0 Å². The molecular weight excluding hydrogens is 280 g/mol. The van der Waals surface area contributed by atoms with Crippen molar-refractivity contribution in [1.82, 2.24) is 9.97 Å². The summed E-state index contributed by atoms with van der Waals surface area (Å²) < 4.78 is 0. The molecule has 2 rings (SSSR count). The molecule has 1 atom stereocenters. The van der Waals surface area contributed by atoms with Gasteiger partial charge in [0.1, 0.15) is 17.5 Å². The molecule has 4 nitrogen and oxygen atoms in total. The molecule has 21 heavy (non-hydrogen) atoms. The lowest BCUT2D eigenvalue weighted by Crippen LogP contribution is -2.14. The van der Waals surface area contributed by atoms with E-state index in [-0.39, 0.29) is 0 Å². The van der Waals surface area contributed by atoms with Crippen LogP contribution in [-0.2, 0) is 6.42 Å². The zero-order valence-corrected chi connectivity index (χ0v) is 14.0. The monoisotopic (exact) mass is 304 g/mol. The number of nitrogens with zero attached hydrogens (tertiary/aromatic N) is 2. The summed E-state index contributed by atoms with van der Waals surface area (Å²) in [5, 5.41) is 8.91. The third-order valence-electron chi connectivity index (χ3n) is 3.52. The fraction of sp³-hybridized carbons (Fsp3) is 0.500. The molecule has 0 saturated carbocycles. The highest BCUT2D eigenvalue weighted by Gasteiger charge is 2.16. The van der Waals surface area contributed by atoms with Crippen molar-refractivity contribution in [3.05, 3.63) is 33.8 Å². The SMILES string of the molecule is CCCC(Nc1nc(CC)nc(NC)c1C)c1cccs1. The van der Waals surface area contributed by atoms with E-state index in [1.165, 1.54) is 4.88 Å². The lowest BCUT2D eigenvalue weighted by molar-refractivity contribution is 0.682. The Morgan fingerprint density at radius 3 is 2.57 bits per heavy atom. The Hall–Kier alpha value is -1.62. The van der Waals surface area contributed by atoms with E-state index in [0.29, 0.717) is 6.04 Å². The van der Waals surface area contributed by atoms with Crippen LogP contribution in [0.4, 0.5) is 11.6 Å². The molecule has 0 bridgehead atoms. The zero-order valence-electron chi connectivity index (χ0n) is 13.2. The van der Waals surface area contributed by atoms with E-state index in [0.717, 1.165) is 42.3 Å². The highest BCUT2D eigenvalue weighted by atomic mass is 32.1. The minimum absolute atomic E-state index is 0.318. The molecule has 0 aliphatic heterocycles. The Balaban J connectivity index is 2.31. The Bertz CT molecular complexity index is 566. The molecule has 0 aliphatic rings. The van der Waals surface area contributed by atoms with Crippen molar-refractivity contribution in [3.63, 3.8) is 0 Å². The first-order valence-electron chi connectivity index (χ1n) is 7.54. The summed E-state index contributed by atoms with van der Waals surface area (Å²) in [6.45, 7) is 6.35. The Morgan fingerprint density at radius 1 is 1.24 bits per heavy atom. The molecule has 1 unspecified atom stereocenters. The average molecular weight is 304 g/mol. The van der Waals surface area contributed by atoms with Crippen LogP contribution in [0, 0.1) is 6.92 Å². The van der Waals surface area contributed by atoms with E-state index in [1.807, 2.05) is 7.05 Å². The van der Waals surface area contributed by atoms with Crippen LogP contribution in [0.15, 0.2) is 17.5 Å². The molecule has 0 spiro atoms. The normalized spacial score (nSPS) is 12.2. The summed E-state index contributed by atoms with van der Waals surface area (Å²) in [7, 11) is 1.90. The van der Waals surface area contributed by atoms with Gasteiger partial charge in [-0.3, -0.25) is 0 Å². The average Bonchev–Trinajstić information content (AvgIpc) is 3.02. The minimum Gasteiger partial charge on any atom is -0.373 e. The van der Waals surface area contributed by atoms with Crippen molar-refractivity contribution in [2.75, 3.05) is 17.7 Å². The maximum atomic E-state index is 4.67. The lowest BCUT2D eigenvalue weighted by atomic mass is 10.1. The molecular formula is C16H24N4S. The Kier molecular flexibility index (Phi) is 5.56. The highest BCUT2D eigenvalue weighted by molar-refractivity contribution is 7.10. The van der Waals surface area contributed by atoms with Crippen LogP contribution in [0.2, 0.25) is 0 Å². The van der Waals surface area contributed by atoms with E-state index >= 15 is 0 Å². The van der Waals surface area contributed by atoms with Gasteiger partial charge in [0.15, 0.2) is 0 Å². The van der Waals surface area contributed by atoms with E-state index in [4.69, 9.17) is 0 Å². The molecule has 2 aromatic rings. The quantitative estimate of drug-likeness (QED) is 0.796. The summed E-state index contributed by atoms with van der Waals surface area (Å²) in [6, 6.07) is 4.61. The Morgan fingerprint density at radius 2 is 2.00 bits per heavy atom. The molecule has 2 aromatic heterocycles. The molecule has 0 amide bonds. The topological polar surface area (TPSA) is 49.8 Å². The molecule has 114 valence electrons. The van der Waals surface area contributed by atoms with Gasteiger partial charge in [0, 0.05) is 23.9 Å². The van der Waals surface area contributed by atoms with Gasteiger partial charge in [-0.2, -0.15) is 0 Å². The minimum atomic E-state index is 0.318. The van der Waals surface area contributed by atoms with Gasteiger partial charge in [-0.15, -0.1) is 11.3 Å². The van der Waals surface area contributed by atoms with Crippen molar-refractivity contribution < 1.29 is 0 Å². The molecule has 2 heterocycles. The smallest absolute Gasteiger partial charge is 0.135 e. The Labute approximate surface area is 131 Å². The molecule has 5 heteroatoms. The maximum absolute atomic E-state index is 4.67. The van der Waals surface area contributed by atoms with Gasteiger partial charge >= 0.3 is 0 Å². The number of anilines is 2. The molecule has 0 aromatic carbocycles. The molecule has 0 fully saturated rings. The second-order valence-electron chi connectivity index (χ2n) is 5.07. The lowest BCUT2D eigenvalue weighted by Gasteiger charge is -2.20. The third kappa shape index (κ3) is 3.73. The van der Waals surface area contributed by atoms with Gasteiger partial charge in [0.05, 0.1) is 6.04 Å². The van der Waals surface area contributed by atoms with Crippen molar-refractivity contribution in [1.29, 1.82) is 0 Å². The van der Waals surface area contributed by atoms with E-state index in [9.17, 15) is 0 Å². The van der Waals surface area contributed by atoms with Gasteiger partial charge in [-0.1, -0.05) is 26.3 Å². The fourth-order valence-electron chi connectivity index (χ4n) is 2.33. The summed E-state index contributed by atoms with van der Waals surface area (Å²) >= 11 is 1.79. The zero-order chi connectivity index (χ0) is 15.2. The molecule has 0 radical (unpaired) electrons. The predicted molar refractivity (Wildman–Crippen MR) is 91.3 cm³/mol. The first-order valence-corrected chi connectivity index (χ1v) is 8.42. The summed E-state index contributed by atoms with van der Waals surface area (Å²) in [5.74, 6) is 2.72. The van der Waals surface area contributed by atoms with Gasteiger partial charge in [-0.25, -0.2) is 9.97 Å². The number of rotatable bonds is 7. The number of aromatic nitrogens is 2. The number of hydrogen-bond donors (Lipinski definition) is 2. The van der Waals surface area contributed by atoms with Gasteiger partial charge < -0.3 is 10.6 Å². The van der Waals surface area contributed by atoms with Gasteiger partial charge in [0.25, 0.3) is 0 Å². The van der Waals surface area contributed by atoms with E-state index in [2.05, 4.69) is 58.9 Å². The first-order chi connectivity index (χ1) is 10.2. The molecule has 0 aliphatic carbocycles. The number of nitrogens with one attached hydrogen (secondary N) is 2. The third-order valence-corrected chi connectivity index (χ3v) is 4.51. The maximum Gasteiger partial charge on any atom is 0.135 e. The van der Waals surface area contributed by atoms with E-state index in [1.54, 1.807) is 11.3 Å². The summed E-state index contributed by atoms with van der Waals surface area (Å²) in [4.78, 5) is 10.6. The van der Waals surface area contributed by atoms with Crippen LogP contribution in [0.25, 0.3) is 0 Å². The summed E-state index contributed by atoms with van der Waals surface area (Å²) in [5.41, 5.74) is 1.08. The van der Waals surface area contributed by atoms with Crippen LogP contribution < -0.4 is 10.6 Å². The molecule has 0 saturated heterocycles. The van der Waals surface area contributed by atoms with Crippen LogP contribution in [0.1, 0.15) is 49.0 Å². The fourth-order valence-corrected chi connectivity index (χ4v) is 3.15. The highest BCUT2D eigenvalue weighted by Crippen LogP contribution is 2.29. The van der Waals surface area contributed by atoms with Crippen molar-refractivity contribution >= 4 is 23.0 Å². The van der Waals surface area contributed by atoms with Crippen LogP contribution >= 0.6 is 11.3 Å². The predicted octanol–water partition coefficient (Wildman–Crippen LogP) is 4.40. The summed E-state index contributed by atoms with van der Waals surface area (Å²) in [6.07, 6.45) is 3.07. The van der Waals surface area contributed by atoms with E-state index < -0.39 is 0 Å². The van der Waals surface area contributed by atoms with Gasteiger partial charge in [-0.05, 0) is 24.8 Å². The second kappa shape index (κ2) is 7.41. The van der Waals surface area contributed by atoms with Crippen molar-refractivity contribution in [3.8, 4) is 0 Å². The number of thiophene rings is 1. The largest absolute Gasteiger partial charge is 0.373 e. The number of aryl methyl sites for hydroxylation is 1. The van der Waals surface area contributed by atoms with Crippen LogP contribution in [-0.4, -0.2) is 17.0 Å². The van der Waals surface area contributed by atoms with Crippen LogP contribution in [0.3, 0.4) is 0 Å². The van der Waals surface area contributed by atoms with Crippen molar-refractivity contribution in [2.45, 2.75) is 46.1 Å². The second-order valence-corrected chi connectivity index (χ2v) is 6.05. The first kappa shape index (κ1) is 15.8. The van der Waals surface area contributed by atoms with Gasteiger partial charge in [0.2, 0.25) is 0 Å². The number of hydrogen-bond acceptors (Lipinski definition) is 5. The standard InChI is InChI=1S/C16H24N4S/c1-5-8-12(13-9-7-10-21-13)18-16-11(3)15(17-4)19-14(6-2)20-16/h7,9-10,12H,5-6,8H2,1-4H3,(H2,17,18,19,20). The van der Waals surface area contributed by atoms with Crippen molar-refractivity contribution in [2.24, 2.45) is 0 Å².